The second-order valence-corrected chi connectivity index (χ2v) is 5.21. The number of aliphatic carboxylic acids is 1. The van der Waals surface area contributed by atoms with E-state index in [1.807, 2.05) is 0 Å². The number of carbonyl (C=O) groups excluding carboxylic acids is 1. The van der Waals surface area contributed by atoms with Gasteiger partial charge in [-0.15, -0.1) is 0 Å². The van der Waals surface area contributed by atoms with Gasteiger partial charge in [-0.3, -0.25) is 9.78 Å². The molecule has 0 aromatic carbocycles. The molecule has 1 saturated heterocycles. The molecule has 8 nitrogen and oxygen atoms in total. The molecular formula is C14H17N3O5. The first kappa shape index (κ1) is 15.7. The maximum atomic E-state index is 11.9. The second kappa shape index (κ2) is 6.00. The second-order valence-electron chi connectivity index (χ2n) is 5.21. The smallest absolute Gasteiger partial charge is 0.407 e. The summed E-state index contributed by atoms with van der Waals surface area (Å²) in [5.41, 5.74) is -1.15. The SMILES string of the molecule is CC(=O)N1CCN(C(=O)O)CC1(Cc1ccccn1)C(=O)O. The van der Waals surface area contributed by atoms with Gasteiger partial charge in [0.25, 0.3) is 0 Å². The van der Waals surface area contributed by atoms with Gasteiger partial charge in [0, 0.05) is 38.3 Å². The van der Waals surface area contributed by atoms with Crippen LogP contribution in [0.3, 0.4) is 0 Å². The van der Waals surface area contributed by atoms with Gasteiger partial charge in [0.2, 0.25) is 5.91 Å². The van der Waals surface area contributed by atoms with Gasteiger partial charge in [0.1, 0.15) is 0 Å². The average molecular weight is 307 g/mol. The standard InChI is InChI=1S/C14H17N3O5/c1-10(18)17-7-6-16(13(21)22)9-14(17,12(19)20)8-11-4-2-3-5-15-11/h2-5H,6-9H2,1H3,(H,19,20)(H,21,22). The zero-order valence-electron chi connectivity index (χ0n) is 12.1. The van der Waals surface area contributed by atoms with Crippen LogP contribution in [0.4, 0.5) is 4.79 Å². The van der Waals surface area contributed by atoms with Crippen LogP contribution in [0.1, 0.15) is 12.6 Å². The fraction of sp³-hybridized carbons (Fsp3) is 0.429. The van der Waals surface area contributed by atoms with Crippen molar-refractivity contribution >= 4 is 18.0 Å². The highest BCUT2D eigenvalue weighted by Gasteiger charge is 2.50. The quantitative estimate of drug-likeness (QED) is 0.830. The molecule has 118 valence electrons. The molecule has 22 heavy (non-hydrogen) atoms. The molecular weight excluding hydrogens is 290 g/mol. The molecule has 1 aromatic heterocycles. The summed E-state index contributed by atoms with van der Waals surface area (Å²) in [4.78, 5) is 41.3. The number of amides is 2. The number of carboxylic acid groups (broad SMARTS) is 2. The van der Waals surface area contributed by atoms with Crippen LogP contribution in [0.2, 0.25) is 0 Å². The Kier molecular flexibility index (Phi) is 4.30. The van der Waals surface area contributed by atoms with Gasteiger partial charge in [0.15, 0.2) is 5.54 Å². The molecule has 1 fully saturated rings. The minimum Gasteiger partial charge on any atom is -0.479 e. The Hall–Kier alpha value is -2.64. The molecule has 2 N–H and O–H groups in total. The van der Waals surface area contributed by atoms with Crippen molar-refractivity contribution in [3.63, 3.8) is 0 Å². The predicted octanol–water partition coefficient (Wildman–Crippen LogP) is 0.290. The first-order valence-electron chi connectivity index (χ1n) is 6.76. The lowest BCUT2D eigenvalue weighted by Crippen LogP contribution is -2.69. The lowest BCUT2D eigenvalue weighted by Gasteiger charge is -2.46. The Morgan fingerprint density at radius 3 is 2.50 bits per heavy atom. The van der Waals surface area contributed by atoms with Gasteiger partial charge >= 0.3 is 12.1 Å². The number of carboxylic acids is 1. The fourth-order valence-electron chi connectivity index (χ4n) is 2.75. The molecule has 1 aromatic rings. The zero-order chi connectivity index (χ0) is 16.3. The molecule has 8 heteroatoms. The molecule has 2 amide bonds. The maximum absolute atomic E-state index is 11.9. The van der Waals surface area contributed by atoms with Crippen molar-refractivity contribution in [2.75, 3.05) is 19.6 Å². The number of hydrogen-bond acceptors (Lipinski definition) is 4. The van der Waals surface area contributed by atoms with Crippen LogP contribution < -0.4 is 0 Å². The van der Waals surface area contributed by atoms with E-state index in [0.717, 1.165) is 4.90 Å². The van der Waals surface area contributed by atoms with Crippen molar-refractivity contribution in [3.05, 3.63) is 30.1 Å². The first-order chi connectivity index (χ1) is 10.4. The highest BCUT2D eigenvalue weighted by molar-refractivity contribution is 5.87. The molecule has 1 aliphatic rings. The summed E-state index contributed by atoms with van der Waals surface area (Å²) in [7, 11) is 0. The Balaban J connectivity index is 2.43. The number of rotatable bonds is 3. The lowest BCUT2D eigenvalue weighted by molar-refractivity contribution is -0.163. The molecule has 0 bridgehead atoms. The molecule has 1 aliphatic heterocycles. The van der Waals surface area contributed by atoms with Crippen molar-refractivity contribution in [2.24, 2.45) is 0 Å². The summed E-state index contributed by atoms with van der Waals surface area (Å²) in [6.07, 6.45) is 0.280. The van der Waals surface area contributed by atoms with E-state index in [4.69, 9.17) is 5.11 Å². The van der Waals surface area contributed by atoms with Crippen molar-refractivity contribution in [1.29, 1.82) is 0 Å². The Bertz CT molecular complexity index is 591. The summed E-state index contributed by atoms with van der Waals surface area (Å²) in [5.74, 6) is -1.64. The molecule has 1 unspecified atom stereocenters. The molecule has 0 radical (unpaired) electrons. The van der Waals surface area contributed by atoms with Gasteiger partial charge in [-0.25, -0.2) is 9.59 Å². The number of pyridine rings is 1. The van der Waals surface area contributed by atoms with Crippen molar-refractivity contribution < 1.29 is 24.6 Å². The number of piperazine rings is 1. The van der Waals surface area contributed by atoms with E-state index >= 15 is 0 Å². The fourth-order valence-corrected chi connectivity index (χ4v) is 2.75. The van der Waals surface area contributed by atoms with E-state index < -0.39 is 23.5 Å². The summed E-state index contributed by atoms with van der Waals surface area (Å²) < 4.78 is 0. The summed E-state index contributed by atoms with van der Waals surface area (Å²) in [6.45, 7) is 1.13. The van der Waals surface area contributed by atoms with Gasteiger partial charge in [-0.05, 0) is 12.1 Å². The molecule has 2 heterocycles. The molecule has 0 spiro atoms. The van der Waals surface area contributed by atoms with Crippen LogP contribution >= 0.6 is 0 Å². The minimum atomic E-state index is -1.64. The predicted molar refractivity (Wildman–Crippen MR) is 75.3 cm³/mol. The third-order valence-electron chi connectivity index (χ3n) is 3.81. The van der Waals surface area contributed by atoms with Crippen LogP contribution in [-0.2, 0) is 16.0 Å². The van der Waals surface area contributed by atoms with Crippen LogP contribution in [-0.4, -0.2) is 68.1 Å². The third kappa shape index (κ3) is 2.85. The van der Waals surface area contributed by atoms with Crippen LogP contribution in [0.15, 0.2) is 24.4 Å². The number of nitrogens with zero attached hydrogens (tertiary/aromatic N) is 3. The molecule has 0 saturated carbocycles. The monoisotopic (exact) mass is 307 g/mol. The molecule has 2 rings (SSSR count). The van der Waals surface area contributed by atoms with E-state index in [2.05, 4.69) is 4.98 Å². The van der Waals surface area contributed by atoms with Gasteiger partial charge in [-0.1, -0.05) is 6.07 Å². The van der Waals surface area contributed by atoms with E-state index in [1.165, 1.54) is 18.0 Å². The summed E-state index contributed by atoms with van der Waals surface area (Å²) in [5, 5.41) is 18.9. The Morgan fingerprint density at radius 2 is 2.00 bits per heavy atom. The van der Waals surface area contributed by atoms with E-state index in [1.54, 1.807) is 18.2 Å². The zero-order valence-corrected chi connectivity index (χ0v) is 12.1. The maximum Gasteiger partial charge on any atom is 0.407 e. The molecule has 0 aliphatic carbocycles. The largest absolute Gasteiger partial charge is 0.479 e. The first-order valence-corrected chi connectivity index (χ1v) is 6.76. The molecule has 1 atom stereocenters. The number of aromatic nitrogens is 1. The summed E-state index contributed by atoms with van der Waals surface area (Å²) in [6, 6.07) is 5.07. The van der Waals surface area contributed by atoms with E-state index in [0.29, 0.717) is 5.69 Å². The van der Waals surface area contributed by atoms with E-state index in [-0.39, 0.29) is 26.1 Å². The van der Waals surface area contributed by atoms with Crippen molar-refractivity contribution in [1.82, 2.24) is 14.8 Å². The van der Waals surface area contributed by atoms with Crippen molar-refractivity contribution in [2.45, 2.75) is 18.9 Å². The van der Waals surface area contributed by atoms with Gasteiger partial charge in [0.05, 0.1) is 6.54 Å². The number of hydrogen-bond donors (Lipinski definition) is 2. The highest BCUT2D eigenvalue weighted by atomic mass is 16.4. The minimum absolute atomic E-state index is 0.0424. The Morgan fingerprint density at radius 1 is 1.27 bits per heavy atom. The van der Waals surface area contributed by atoms with Crippen LogP contribution in [0, 0.1) is 0 Å². The highest BCUT2D eigenvalue weighted by Crippen LogP contribution is 2.27. The third-order valence-corrected chi connectivity index (χ3v) is 3.81. The summed E-state index contributed by atoms with van der Waals surface area (Å²) >= 11 is 0. The normalized spacial score (nSPS) is 21.5. The van der Waals surface area contributed by atoms with Gasteiger partial charge < -0.3 is 20.0 Å². The van der Waals surface area contributed by atoms with Gasteiger partial charge in [-0.2, -0.15) is 0 Å². The lowest BCUT2D eigenvalue weighted by atomic mass is 9.88. The average Bonchev–Trinajstić information content (AvgIpc) is 2.47. The Labute approximate surface area is 127 Å². The topological polar surface area (TPSA) is 111 Å². The van der Waals surface area contributed by atoms with E-state index in [9.17, 15) is 19.5 Å². The van der Waals surface area contributed by atoms with Crippen LogP contribution in [0.5, 0.6) is 0 Å². The van der Waals surface area contributed by atoms with Crippen LogP contribution in [0.25, 0.3) is 0 Å². The van der Waals surface area contributed by atoms with Crippen molar-refractivity contribution in [3.8, 4) is 0 Å². The number of carbonyl (C=O) groups is 3.